The summed E-state index contributed by atoms with van der Waals surface area (Å²) in [5.41, 5.74) is 2.43. The summed E-state index contributed by atoms with van der Waals surface area (Å²) in [6, 6.07) is 7.56. The lowest BCUT2D eigenvalue weighted by molar-refractivity contribution is -0.239. The molecule has 0 aromatic heterocycles. The molecule has 2 heterocycles. The maximum Gasteiger partial charge on any atom is 0.314 e. The van der Waals surface area contributed by atoms with Crippen molar-refractivity contribution in [2.24, 2.45) is 0 Å². The normalized spacial score (nSPS) is 17.9. The summed E-state index contributed by atoms with van der Waals surface area (Å²) in [6.07, 6.45) is 0. The van der Waals surface area contributed by atoms with Crippen LogP contribution in [0.3, 0.4) is 0 Å². The Kier molecular flexibility index (Phi) is 1.49. The van der Waals surface area contributed by atoms with Crippen LogP contribution < -0.4 is 13.9 Å². The van der Waals surface area contributed by atoms with E-state index in [1.54, 1.807) is 0 Å². The van der Waals surface area contributed by atoms with E-state index in [1.807, 2.05) is 24.3 Å². The highest BCUT2D eigenvalue weighted by Crippen LogP contribution is 2.28. The molecular weight excluding hydrogens is 200 g/mol. The first kappa shape index (κ1) is 7.75. The summed E-state index contributed by atoms with van der Waals surface area (Å²) >= 11 is 1.31. The smallest absolute Gasteiger partial charge is 0.314 e. The molecule has 3 rings (SSSR count). The lowest BCUT2D eigenvalue weighted by Gasteiger charge is -2.13. The minimum atomic E-state index is -0.0869. The SMILES string of the molecule is OC1=C2NS[NH+]=C2c2ccccc2O1. The van der Waals surface area contributed by atoms with Gasteiger partial charge < -0.3 is 9.84 Å². The fraction of sp³-hybridized carbons (Fsp3) is 0. The number of rotatable bonds is 0. The van der Waals surface area contributed by atoms with E-state index in [9.17, 15) is 5.11 Å². The van der Waals surface area contributed by atoms with Crippen LogP contribution in [0.2, 0.25) is 0 Å². The van der Waals surface area contributed by atoms with Crippen LogP contribution in [0.1, 0.15) is 5.56 Å². The highest BCUT2D eigenvalue weighted by Gasteiger charge is 2.35. The Bertz CT molecular complexity index is 468. The standard InChI is InChI=1S/C9H6N2O2S/c12-9-8-7(10-14-11-8)5-3-1-2-4-6(5)13-9/h1-4,11-12H/p+1. The number of aliphatic hydroxyl groups excluding tert-OH is 1. The molecule has 0 spiro atoms. The molecule has 3 N–H and O–H groups in total. The third kappa shape index (κ3) is 0.927. The molecule has 14 heavy (non-hydrogen) atoms. The van der Waals surface area contributed by atoms with Gasteiger partial charge in [-0.3, -0.25) is 4.72 Å². The number of nitrogens with one attached hydrogen (secondary N) is 2. The number of hydrogen-bond acceptors (Lipinski definition) is 4. The van der Waals surface area contributed by atoms with Crippen molar-refractivity contribution >= 4 is 17.8 Å². The second-order valence-corrected chi connectivity index (χ2v) is 3.57. The van der Waals surface area contributed by atoms with Crippen LogP contribution >= 0.6 is 12.1 Å². The molecule has 2 aliphatic rings. The Labute approximate surface area is 84.6 Å². The van der Waals surface area contributed by atoms with Crippen molar-refractivity contribution < 1.29 is 14.2 Å². The van der Waals surface area contributed by atoms with E-state index in [0.717, 1.165) is 11.3 Å². The van der Waals surface area contributed by atoms with Gasteiger partial charge in [-0.25, -0.2) is 0 Å². The van der Waals surface area contributed by atoms with Crippen molar-refractivity contribution in [3.05, 3.63) is 41.5 Å². The molecule has 5 heteroatoms. The second kappa shape index (κ2) is 2.68. The molecule has 0 unspecified atom stereocenters. The number of fused-ring (bicyclic) bond motifs is 3. The number of hydrogen-bond donors (Lipinski definition) is 3. The fourth-order valence-electron chi connectivity index (χ4n) is 1.49. The maximum absolute atomic E-state index is 9.55. The topological polar surface area (TPSA) is 55.5 Å². The van der Waals surface area contributed by atoms with E-state index in [-0.39, 0.29) is 5.95 Å². The van der Waals surface area contributed by atoms with E-state index >= 15 is 0 Å². The van der Waals surface area contributed by atoms with E-state index in [1.165, 1.54) is 12.1 Å². The summed E-state index contributed by atoms with van der Waals surface area (Å²) in [5.74, 6) is 0.580. The molecule has 2 aliphatic heterocycles. The summed E-state index contributed by atoms with van der Waals surface area (Å²) in [7, 11) is 0. The van der Waals surface area contributed by atoms with Gasteiger partial charge in [-0.05, 0) is 12.1 Å². The van der Waals surface area contributed by atoms with Crippen LogP contribution in [0.5, 0.6) is 5.75 Å². The van der Waals surface area contributed by atoms with Crippen LogP contribution in [0.25, 0.3) is 0 Å². The molecule has 70 valence electrons. The van der Waals surface area contributed by atoms with Gasteiger partial charge in [0, 0.05) is 0 Å². The van der Waals surface area contributed by atoms with Crippen molar-refractivity contribution in [1.29, 1.82) is 0 Å². The minimum Gasteiger partial charge on any atom is -0.479 e. The van der Waals surface area contributed by atoms with Crippen molar-refractivity contribution in [2.45, 2.75) is 0 Å². The molecule has 1 aromatic rings. The predicted molar refractivity (Wildman–Crippen MR) is 52.5 cm³/mol. The van der Waals surface area contributed by atoms with Gasteiger partial charge in [0.25, 0.3) is 17.8 Å². The Hall–Kier alpha value is -1.62. The molecule has 0 radical (unpaired) electrons. The molecule has 0 bridgehead atoms. The summed E-state index contributed by atoms with van der Waals surface area (Å²) in [5, 5.41) is 9.55. The molecule has 0 saturated carbocycles. The molecule has 0 amide bonds. The zero-order valence-corrected chi connectivity index (χ0v) is 7.89. The monoisotopic (exact) mass is 207 g/mol. The molecule has 0 saturated heterocycles. The highest BCUT2D eigenvalue weighted by atomic mass is 32.2. The zero-order valence-electron chi connectivity index (χ0n) is 7.07. The average Bonchev–Trinajstić information content (AvgIpc) is 2.67. The van der Waals surface area contributed by atoms with E-state index in [4.69, 9.17) is 4.74 Å². The summed E-state index contributed by atoms with van der Waals surface area (Å²) < 4.78 is 11.2. The quantitative estimate of drug-likeness (QED) is 0.518. The van der Waals surface area contributed by atoms with Crippen molar-refractivity contribution in [3.8, 4) is 5.75 Å². The van der Waals surface area contributed by atoms with Crippen LogP contribution in [0.4, 0.5) is 0 Å². The first-order chi connectivity index (χ1) is 6.86. The van der Waals surface area contributed by atoms with Gasteiger partial charge >= 0.3 is 5.95 Å². The largest absolute Gasteiger partial charge is 0.479 e. The molecular formula is C9H7N2O2S+. The van der Waals surface area contributed by atoms with E-state index in [2.05, 4.69) is 9.12 Å². The summed E-state index contributed by atoms with van der Waals surface area (Å²) in [6.45, 7) is 0. The number of benzene rings is 1. The Morgan fingerprint density at radius 2 is 2.21 bits per heavy atom. The van der Waals surface area contributed by atoms with Crippen LogP contribution in [0.15, 0.2) is 35.9 Å². The Morgan fingerprint density at radius 3 is 3.14 bits per heavy atom. The number of ether oxygens (including phenoxy) is 1. The van der Waals surface area contributed by atoms with Crippen molar-refractivity contribution in [3.63, 3.8) is 0 Å². The Morgan fingerprint density at radius 1 is 1.36 bits per heavy atom. The van der Waals surface area contributed by atoms with Gasteiger partial charge in [0.1, 0.15) is 5.75 Å². The van der Waals surface area contributed by atoms with Crippen LogP contribution in [-0.2, 0) is 0 Å². The molecule has 4 nitrogen and oxygen atoms in total. The predicted octanol–water partition coefficient (Wildman–Crippen LogP) is -0.158. The number of aliphatic hydroxyl groups is 1. The van der Waals surface area contributed by atoms with Gasteiger partial charge in [-0.2, -0.15) is 0 Å². The zero-order chi connectivity index (χ0) is 9.54. The lowest BCUT2D eigenvalue weighted by atomic mass is 10.1. The van der Waals surface area contributed by atoms with Gasteiger partial charge in [0.05, 0.1) is 5.56 Å². The lowest BCUT2D eigenvalue weighted by Crippen LogP contribution is -2.61. The first-order valence-electron chi connectivity index (χ1n) is 4.12. The number of para-hydroxylation sites is 1. The number of allylic oxidation sites excluding steroid dienone is 1. The maximum atomic E-state index is 9.55. The molecule has 0 fully saturated rings. The molecule has 1 aromatic carbocycles. The van der Waals surface area contributed by atoms with Crippen LogP contribution in [0, 0.1) is 0 Å². The Balaban J connectivity index is 2.24. The van der Waals surface area contributed by atoms with Gasteiger partial charge in [-0.15, -0.1) is 4.40 Å². The van der Waals surface area contributed by atoms with E-state index in [0.29, 0.717) is 11.4 Å². The van der Waals surface area contributed by atoms with Crippen molar-refractivity contribution in [1.82, 2.24) is 4.72 Å². The first-order valence-corrected chi connectivity index (χ1v) is 4.93. The average molecular weight is 207 g/mol. The fourth-order valence-corrected chi connectivity index (χ4v) is 2.14. The highest BCUT2D eigenvalue weighted by molar-refractivity contribution is 7.91. The third-order valence-electron chi connectivity index (χ3n) is 2.13. The molecule has 0 aliphatic carbocycles. The van der Waals surface area contributed by atoms with Gasteiger partial charge in [0.2, 0.25) is 5.70 Å². The summed E-state index contributed by atoms with van der Waals surface area (Å²) in [4.78, 5) is 0. The van der Waals surface area contributed by atoms with Gasteiger partial charge in [0.15, 0.2) is 0 Å². The van der Waals surface area contributed by atoms with Gasteiger partial charge in [-0.1, -0.05) is 12.1 Å². The second-order valence-electron chi connectivity index (χ2n) is 2.96. The van der Waals surface area contributed by atoms with E-state index < -0.39 is 0 Å². The van der Waals surface area contributed by atoms with Crippen molar-refractivity contribution in [2.75, 3.05) is 0 Å². The minimum absolute atomic E-state index is 0.0869. The molecule has 0 atom stereocenters. The third-order valence-corrected chi connectivity index (χ3v) is 2.75. The van der Waals surface area contributed by atoms with Crippen LogP contribution in [-0.4, -0.2) is 10.8 Å².